The lowest BCUT2D eigenvalue weighted by molar-refractivity contribution is -0.156. The van der Waals surface area contributed by atoms with Crippen LogP contribution >= 0.6 is 0 Å². The number of rotatable bonds is 6. The van der Waals surface area contributed by atoms with Crippen LogP contribution in [0, 0.1) is 0 Å². The number of benzene rings is 1. The highest BCUT2D eigenvalue weighted by Crippen LogP contribution is 2.27. The number of sulfonamides is 1. The fraction of sp³-hybridized carbons (Fsp3) is 0.375. The molecule has 1 aliphatic rings. The fourth-order valence-electron chi connectivity index (χ4n) is 2.12. The molecule has 25 heavy (non-hydrogen) atoms. The van der Waals surface area contributed by atoms with E-state index in [-0.39, 0.29) is 17.3 Å². The third-order valence-electron chi connectivity index (χ3n) is 3.50. The molecule has 1 atom stereocenters. The summed E-state index contributed by atoms with van der Waals surface area (Å²) in [5.74, 6) is -1.08. The Hall–Kier alpha value is -2.39. The Morgan fingerprint density at radius 2 is 2.08 bits per heavy atom. The predicted molar refractivity (Wildman–Crippen MR) is 88.4 cm³/mol. The first-order valence-electron chi connectivity index (χ1n) is 7.41. The molecule has 1 fully saturated rings. The first kappa shape index (κ1) is 18.9. The number of hydrogen-bond acceptors (Lipinski definition) is 7. The summed E-state index contributed by atoms with van der Waals surface area (Å²) in [6, 6.07) is 4.48. The van der Waals surface area contributed by atoms with Gasteiger partial charge < -0.3 is 14.2 Å². The Labute approximate surface area is 146 Å². The largest absolute Gasteiger partial charge is 0.495 e. The van der Waals surface area contributed by atoms with Crippen molar-refractivity contribution in [3.05, 3.63) is 29.8 Å². The van der Waals surface area contributed by atoms with E-state index in [1.807, 2.05) is 0 Å². The third-order valence-corrected chi connectivity index (χ3v) is 5.34. The van der Waals surface area contributed by atoms with Gasteiger partial charge in [0.05, 0.1) is 13.7 Å². The molecule has 2 rings (SSSR count). The Balaban J connectivity index is 2.19. The van der Waals surface area contributed by atoms with E-state index < -0.39 is 28.1 Å². The van der Waals surface area contributed by atoms with Crippen LogP contribution in [0.4, 0.5) is 0 Å². The summed E-state index contributed by atoms with van der Waals surface area (Å²) in [4.78, 5) is 23.0. The van der Waals surface area contributed by atoms with Crippen LogP contribution in [0.2, 0.25) is 0 Å². The molecule has 0 saturated carbocycles. The third kappa shape index (κ3) is 4.37. The minimum atomic E-state index is -3.71. The topological polar surface area (TPSA) is 99.2 Å². The zero-order chi connectivity index (χ0) is 18.6. The van der Waals surface area contributed by atoms with Crippen molar-refractivity contribution in [2.24, 2.45) is 0 Å². The molecule has 0 spiro atoms. The lowest BCUT2D eigenvalue weighted by Crippen LogP contribution is -2.22. The van der Waals surface area contributed by atoms with Gasteiger partial charge in [-0.05, 0) is 23.8 Å². The van der Waals surface area contributed by atoms with Gasteiger partial charge in [-0.25, -0.2) is 22.3 Å². The summed E-state index contributed by atoms with van der Waals surface area (Å²) in [6.07, 6.45) is 1.96. The van der Waals surface area contributed by atoms with Crippen molar-refractivity contribution in [3.8, 4) is 5.75 Å². The summed E-state index contributed by atoms with van der Waals surface area (Å²) >= 11 is 0. The summed E-state index contributed by atoms with van der Waals surface area (Å²) in [6.45, 7) is 0.227. The summed E-state index contributed by atoms with van der Waals surface area (Å²) in [7, 11) is 0.487. The second-order valence-electron chi connectivity index (χ2n) is 5.41. The zero-order valence-electron chi connectivity index (χ0n) is 14.1. The van der Waals surface area contributed by atoms with Crippen molar-refractivity contribution in [2.45, 2.75) is 17.4 Å². The smallest absolute Gasteiger partial charge is 0.347 e. The van der Waals surface area contributed by atoms with Crippen molar-refractivity contribution in [2.75, 3.05) is 27.8 Å². The molecular weight excluding hydrogens is 350 g/mol. The van der Waals surface area contributed by atoms with Crippen LogP contribution in [0.5, 0.6) is 5.75 Å². The molecule has 0 unspecified atom stereocenters. The average molecular weight is 369 g/mol. The quantitative estimate of drug-likeness (QED) is 0.541. The SMILES string of the molecule is COc1ccc(/C=C/C(=O)O[C@H]2CCOC2=O)cc1S(=O)(=O)N(C)C. The van der Waals surface area contributed by atoms with Crippen LogP contribution in [-0.2, 0) is 29.1 Å². The molecule has 8 nitrogen and oxygen atoms in total. The van der Waals surface area contributed by atoms with Gasteiger partial charge in [0.1, 0.15) is 10.6 Å². The molecule has 0 bridgehead atoms. The molecule has 1 aromatic carbocycles. The highest BCUT2D eigenvalue weighted by Gasteiger charge is 2.29. The van der Waals surface area contributed by atoms with Crippen LogP contribution in [0.3, 0.4) is 0 Å². The number of esters is 2. The fourth-order valence-corrected chi connectivity index (χ4v) is 3.21. The van der Waals surface area contributed by atoms with Crippen LogP contribution in [0.1, 0.15) is 12.0 Å². The van der Waals surface area contributed by atoms with E-state index in [9.17, 15) is 18.0 Å². The zero-order valence-corrected chi connectivity index (χ0v) is 14.9. The summed E-state index contributed by atoms with van der Waals surface area (Å²) in [5, 5.41) is 0. The molecule has 0 N–H and O–H groups in total. The Bertz CT molecular complexity index is 799. The molecule has 0 aromatic heterocycles. The van der Waals surface area contributed by atoms with Crippen molar-refractivity contribution in [1.82, 2.24) is 4.31 Å². The number of methoxy groups -OCH3 is 1. The van der Waals surface area contributed by atoms with Gasteiger partial charge in [-0.1, -0.05) is 6.07 Å². The van der Waals surface area contributed by atoms with Gasteiger partial charge in [0.25, 0.3) is 0 Å². The molecule has 136 valence electrons. The highest BCUT2D eigenvalue weighted by atomic mass is 32.2. The number of hydrogen-bond donors (Lipinski definition) is 0. The van der Waals surface area contributed by atoms with Gasteiger partial charge in [0, 0.05) is 26.6 Å². The van der Waals surface area contributed by atoms with E-state index in [0.717, 1.165) is 10.4 Å². The maximum atomic E-state index is 12.3. The monoisotopic (exact) mass is 369 g/mol. The van der Waals surface area contributed by atoms with Gasteiger partial charge >= 0.3 is 11.9 Å². The first-order valence-corrected chi connectivity index (χ1v) is 8.85. The van der Waals surface area contributed by atoms with Gasteiger partial charge in [-0.15, -0.1) is 0 Å². The van der Waals surface area contributed by atoms with E-state index in [2.05, 4.69) is 0 Å². The normalized spacial score (nSPS) is 17.8. The van der Waals surface area contributed by atoms with Crippen LogP contribution in [0.25, 0.3) is 6.08 Å². The summed E-state index contributed by atoms with van der Waals surface area (Å²) < 4.78 is 40.5. The molecule has 0 amide bonds. The highest BCUT2D eigenvalue weighted by molar-refractivity contribution is 7.89. The predicted octanol–water partition coefficient (Wildman–Crippen LogP) is 0.817. The van der Waals surface area contributed by atoms with E-state index in [4.69, 9.17) is 14.2 Å². The molecule has 1 saturated heterocycles. The molecule has 0 aliphatic carbocycles. The van der Waals surface area contributed by atoms with Crippen molar-refractivity contribution in [1.29, 1.82) is 0 Å². The lowest BCUT2D eigenvalue weighted by Gasteiger charge is -2.15. The van der Waals surface area contributed by atoms with E-state index >= 15 is 0 Å². The first-order chi connectivity index (χ1) is 11.8. The van der Waals surface area contributed by atoms with Gasteiger partial charge in [-0.3, -0.25) is 0 Å². The number of carbonyl (C=O) groups is 2. The number of ether oxygens (including phenoxy) is 3. The van der Waals surface area contributed by atoms with E-state index in [1.165, 1.54) is 39.4 Å². The molecule has 9 heteroatoms. The maximum absolute atomic E-state index is 12.3. The van der Waals surface area contributed by atoms with Crippen molar-refractivity contribution in [3.63, 3.8) is 0 Å². The van der Waals surface area contributed by atoms with Gasteiger partial charge in [-0.2, -0.15) is 0 Å². The average Bonchev–Trinajstić information content (AvgIpc) is 2.97. The molecule has 0 radical (unpaired) electrons. The molecule has 1 heterocycles. The number of carbonyl (C=O) groups excluding carboxylic acids is 2. The van der Waals surface area contributed by atoms with Crippen LogP contribution in [-0.4, -0.2) is 58.6 Å². The Kier molecular flexibility index (Phi) is 5.81. The molecular formula is C16H19NO7S. The molecule has 1 aliphatic heterocycles. The Morgan fingerprint density at radius 1 is 1.36 bits per heavy atom. The second kappa shape index (κ2) is 7.66. The Morgan fingerprint density at radius 3 is 2.64 bits per heavy atom. The van der Waals surface area contributed by atoms with Gasteiger partial charge in [0.15, 0.2) is 0 Å². The van der Waals surface area contributed by atoms with E-state index in [1.54, 1.807) is 6.07 Å². The van der Waals surface area contributed by atoms with Gasteiger partial charge in [0.2, 0.25) is 16.1 Å². The van der Waals surface area contributed by atoms with E-state index in [0.29, 0.717) is 12.0 Å². The summed E-state index contributed by atoms with van der Waals surface area (Å²) in [5.41, 5.74) is 0.465. The van der Waals surface area contributed by atoms with Crippen LogP contribution < -0.4 is 4.74 Å². The van der Waals surface area contributed by atoms with Crippen molar-refractivity contribution < 1.29 is 32.2 Å². The van der Waals surface area contributed by atoms with Crippen LogP contribution in [0.15, 0.2) is 29.2 Å². The minimum absolute atomic E-state index is 0.0186. The number of cyclic esters (lactones) is 1. The molecule has 1 aromatic rings. The standard InChI is InChI=1S/C16H19NO7S/c1-17(2)25(20,21)14-10-11(4-6-12(14)22-3)5-7-15(18)24-13-8-9-23-16(13)19/h4-7,10,13H,8-9H2,1-3H3/b7-5+/t13-/m0/s1. The number of nitrogens with zero attached hydrogens (tertiary/aromatic N) is 1. The van der Waals surface area contributed by atoms with Crippen molar-refractivity contribution >= 4 is 28.0 Å². The lowest BCUT2D eigenvalue weighted by atomic mass is 10.2. The second-order valence-corrected chi connectivity index (χ2v) is 7.53. The minimum Gasteiger partial charge on any atom is -0.495 e. The maximum Gasteiger partial charge on any atom is 0.347 e.